The number of carbonyl (C=O) groups is 2. The SMILES string of the molecule is O=C(O)c1cc(C(=O)C2CCOC2)c[nH]1. The fraction of sp³-hybridized carbons (Fsp3) is 0.400. The van der Waals surface area contributed by atoms with Crippen LogP contribution in [-0.2, 0) is 4.74 Å². The van der Waals surface area contributed by atoms with Crippen LogP contribution in [0.15, 0.2) is 12.3 Å². The standard InChI is InChI=1S/C10H11NO4/c12-9(6-1-2-15-5-6)7-3-8(10(13)14)11-4-7/h3-4,6,11H,1-2,5H2,(H,13,14). The second kappa shape index (κ2) is 3.86. The second-order valence-electron chi connectivity index (χ2n) is 3.53. The van der Waals surface area contributed by atoms with E-state index < -0.39 is 5.97 Å². The van der Waals surface area contributed by atoms with Crippen molar-refractivity contribution in [1.29, 1.82) is 0 Å². The summed E-state index contributed by atoms with van der Waals surface area (Å²) in [6.45, 7) is 1.04. The first-order valence-corrected chi connectivity index (χ1v) is 4.72. The number of hydrogen-bond acceptors (Lipinski definition) is 3. The molecule has 1 unspecified atom stereocenters. The van der Waals surface area contributed by atoms with Crippen molar-refractivity contribution in [3.63, 3.8) is 0 Å². The van der Waals surface area contributed by atoms with Gasteiger partial charge in [-0.2, -0.15) is 0 Å². The molecule has 0 saturated carbocycles. The first-order chi connectivity index (χ1) is 7.18. The molecule has 0 aromatic carbocycles. The maximum atomic E-state index is 11.8. The monoisotopic (exact) mass is 209 g/mol. The average molecular weight is 209 g/mol. The molecular weight excluding hydrogens is 198 g/mol. The molecule has 80 valence electrons. The number of carbonyl (C=O) groups excluding carboxylic acids is 1. The van der Waals surface area contributed by atoms with Gasteiger partial charge in [-0.25, -0.2) is 4.79 Å². The molecule has 1 fully saturated rings. The summed E-state index contributed by atoms with van der Waals surface area (Å²) >= 11 is 0. The summed E-state index contributed by atoms with van der Waals surface area (Å²) in [4.78, 5) is 24.9. The van der Waals surface area contributed by atoms with E-state index in [-0.39, 0.29) is 17.4 Å². The van der Waals surface area contributed by atoms with Crippen LogP contribution in [0.1, 0.15) is 27.3 Å². The molecule has 2 heterocycles. The number of hydrogen-bond donors (Lipinski definition) is 2. The average Bonchev–Trinajstić information content (AvgIpc) is 2.88. The zero-order valence-corrected chi connectivity index (χ0v) is 8.03. The molecule has 1 saturated heterocycles. The Kier molecular flexibility index (Phi) is 2.55. The van der Waals surface area contributed by atoms with Gasteiger partial charge in [0.15, 0.2) is 5.78 Å². The van der Waals surface area contributed by atoms with Gasteiger partial charge >= 0.3 is 5.97 Å². The van der Waals surface area contributed by atoms with Crippen molar-refractivity contribution in [3.8, 4) is 0 Å². The van der Waals surface area contributed by atoms with Crippen molar-refractivity contribution >= 4 is 11.8 Å². The van der Waals surface area contributed by atoms with Crippen molar-refractivity contribution in [2.75, 3.05) is 13.2 Å². The molecule has 5 heteroatoms. The van der Waals surface area contributed by atoms with E-state index in [1.54, 1.807) is 0 Å². The summed E-state index contributed by atoms with van der Waals surface area (Å²) in [5, 5.41) is 8.68. The molecule has 0 spiro atoms. The first kappa shape index (κ1) is 9.92. The predicted octanol–water partition coefficient (Wildman–Crippen LogP) is 0.932. The minimum atomic E-state index is -1.06. The van der Waals surface area contributed by atoms with Crippen LogP contribution in [-0.4, -0.2) is 35.1 Å². The van der Waals surface area contributed by atoms with Gasteiger partial charge in [0, 0.05) is 24.3 Å². The number of ketones is 1. The number of aromatic amines is 1. The van der Waals surface area contributed by atoms with E-state index >= 15 is 0 Å². The number of aromatic carboxylic acids is 1. The molecular formula is C10H11NO4. The van der Waals surface area contributed by atoms with E-state index in [1.165, 1.54) is 12.3 Å². The van der Waals surface area contributed by atoms with Crippen LogP contribution < -0.4 is 0 Å². The van der Waals surface area contributed by atoms with Gasteiger partial charge in [0.25, 0.3) is 0 Å². The van der Waals surface area contributed by atoms with E-state index in [2.05, 4.69) is 4.98 Å². The van der Waals surface area contributed by atoms with Gasteiger partial charge in [-0.05, 0) is 12.5 Å². The number of rotatable bonds is 3. The van der Waals surface area contributed by atoms with E-state index in [9.17, 15) is 9.59 Å². The maximum Gasteiger partial charge on any atom is 0.352 e. The van der Waals surface area contributed by atoms with Gasteiger partial charge in [-0.15, -0.1) is 0 Å². The second-order valence-corrected chi connectivity index (χ2v) is 3.53. The number of carboxylic acid groups (broad SMARTS) is 1. The molecule has 1 aliphatic rings. The van der Waals surface area contributed by atoms with Crippen molar-refractivity contribution in [2.24, 2.45) is 5.92 Å². The van der Waals surface area contributed by atoms with Crippen LogP contribution in [0.2, 0.25) is 0 Å². The van der Waals surface area contributed by atoms with Gasteiger partial charge in [0.2, 0.25) is 0 Å². The number of ether oxygens (including phenoxy) is 1. The molecule has 0 bridgehead atoms. The fourth-order valence-corrected chi connectivity index (χ4v) is 1.64. The maximum absolute atomic E-state index is 11.8. The third-order valence-electron chi connectivity index (χ3n) is 2.50. The molecule has 1 atom stereocenters. The Balaban J connectivity index is 2.14. The normalized spacial score (nSPS) is 20.4. The lowest BCUT2D eigenvalue weighted by atomic mass is 9.99. The van der Waals surface area contributed by atoms with E-state index in [4.69, 9.17) is 9.84 Å². The van der Waals surface area contributed by atoms with Crippen LogP contribution in [0.3, 0.4) is 0 Å². The molecule has 2 rings (SSSR count). The molecule has 0 radical (unpaired) electrons. The number of nitrogens with one attached hydrogen (secondary N) is 1. The molecule has 1 aromatic heterocycles. The number of Topliss-reactive ketones (excluding diaryl/α,β-unsaturated/α-hetero) is 1. The Morgan fingerprint density at radius 3 is 2.87 bits per heavy atom. The van der Waals surface area contributed by atoms with Crippen molar-refractivity contribution in [3.05, 3.63) is 23.5 Å². The largest absolute Gasteiger partial charge is 0.477 e. The molecule has 5 nitrogen and oxygen atoms in total. The van der Waals surface area contributed by atoms with E-state index in [0.717, 1.165) is 0 Å². The quantitative estimate of drug-likeness (QED) is 0.726. The minimum Gasteiger partial charge on any atom is -0.477 e. The zero-order chi connectivity index (χ0) is 10.8. The smallest absolute Gasteiger partial charge is 0.352 e. The Morgan fingerprint density at radius 2 is 2.33 bits per heavy atom. The summed E-state index contributed by atoms with van der Waals surface area (Å²) in [6, 6.07) is 1.36. The lowest BCUT2D eigenvalue weighted by Gasteiger charge is -2.02. The molecule has 1 aliphatic heterocycles. The topological polar surface area (TPSA) is 79.4 Å². The highest BCUT2D eigenvalue weighted by Gasteiger charge is 2.25. The van der Waals surface area contributed by atoms with Gasteiger partial charge in [-0.3, -0.25) is 4.79 Å². The Morgan fingerprint density at radius 1 is 1.53 bits per heavy atom. The van der Waals surface area contributed by atoms with Gasteiger partial charge < -0.3 is 14.8 Å². The molecule has 1 aromatic rings. The van der Waals surface area contributed by atoms with Gasteiger partial charge in [0.1, 0.15) is 5.69 Å². The molecule has 2 N–H and O–H groups in total. The Hall–Kier alpha value is -1.62. The van der Waals surface area contributed by atoms with Crippen LogP contribution >= 0.6 is 0 Å². The number of carboxylic acids is 1. The third kappa shape index (κ3) is 1.92. The van der Waals surface area contributed by atoms with Gasteiger partial charge in [0.05, 0.1) is 6.61 Å². The van der Waals surface area contributed by atoms with E-state index in [0.29, 0.717) is 25.2 Å². The summed E-state index contributed by atoms with van der Waals surface area (Å²) in [7, 11) is 0. The van der Waals surface area contributed by atoms with Crippen molar-refractivity contribution in [2.45, 2.75) is 6.42 Å². The van der Waals surface area contributed by atoms with Crippen LogP contribution in [0.4, 0.5) is 0 Å². The van der Waals surface area contributed by atoms with Crippen LogP contribution in [0.25, 0.3) is 0 Å². The highest BCUT2D eigenvalue weighted by atomic mass is 16.5. The number of H-pyrrole nitrogens is 1. The van der Waals surface area contributed by atoms with Crippen LogP contribution in [0, 0.1) is 5.92 Å². The van der Waals surface area contributed by atoms with Crippen molar-refractivity contribution < 1.29 is 19.4 Å². The van der Waals surface area contributed by atoms with E-state index in [1.807, 2.05) is 0 Å². The van der Waals surface area contributed by atoms with Crippen molar-refractivity contribution in [1.82, 2.24) is 4.98 Å². The number of aromatic nitrogens is 1. The molecule has 0 aliphatic carbocycles. The summed E-state index contributed by atoms with van der Waals surface area (Å²) < 4.78 is 5.11. The molecule has 0 amide bonds. The minimum absolute atomic E-state index is 0.0391. The Bertz CT molecular complexity index is 390. The predicted molar refractivity (Wildman–Crippen MR) is 51.0 cm³/mol. The summed E-state index contributed by atoms with van der Waals surface area (Å²) in [6.07, 6.45) is 2.15. The summed E-state index contributed by atoms with van der Waals surface area (Å²) in [5.41, 5.74) is 0.458. The lowest BCUT2D eigenvalue weighted by molar-refractivity contribution is 0.0691. The lowest BCUT2D eigenvalue weighted by Crippen LogP contribution is -2.13. The molecule has 15 heavy (non-hydrogen) atoms. The van der Waals surface area contributed by atoms with Crippen LogP contribution in [0.5, 0.6) is 0 Å². The van der Waals surface area contributed by atoms with Gasteiger partial charge in [-0.1, -0.05) is 0 Å². The zero-order valence-electron chi connectivity index (χ0n) is 8.03. The highest BCUT2D eigenvalue weighted by molar-refractivity contribution is 6.00. The Labute approximate surface area is 86.1 Å². The fourth-order valence-electron chi connectivity index (χ4n) is 1.64. The third-order valence-corrected chi connectivity index (χ3v) is 2.50. The highest BCUT2D eigenvalue weighted by Crippen LogP contribution is 2.18. The first-order valence-electron chi connectivity index (χ1n) is 4.72. The summed E-state index contributed by atoms with van der Waals surface area (Å²) in [5.74, 6) is -1.23.